The van der Waals surface area contributed by atoms with Crippen molar-refractivity contribution in [3.8, 4) is 0 Å². The Bertz CT molecular complexity index is 627. The number of primary amides is 1. The van der Waals surface area contributed by atoms with E-state index in [1.807, 2.05) is 11.6 Å². The molecule has 1 aromatic rings. The summed E-state index contributed by atoms with van der Waals surface area (Å²) >= 11 is 0. The molecular weight excluding hydrogens is 284 g/mol. The lowest BCUT2D eigenvalue weighted by Gasteiger charge is -2.10. The van der Waals surface area contributed by atoms with Gasteiger partial charge in [-0.05, 0) is 24.6 Å². The summed E-state index contributed by atoms with van der Waals surface area (Å²) in [5.74, 6) is -0.728. The van der Waals surface area contributed by atoms with E-state index in [9.17, 15) is 18.0 Å². The normalized spacial score (nSPS) is 10.8. The van der Waals surface area contributed by atoms with Crippen molar-refractivity contribution >= 4 is 27.6 Å². The largest absolute Gasteiger partial charge is 0.398 e. The van der Waals surface area contributed by atoms with Gasteiger partial charge in [0, 0.05) is 12.1 Å². The lowest BCUT2D eigenvalue weighted by atomic mass is 10.2. The number of hydrogen-bond donors (Lipinski definition) is 4. The molecule has 0 spiro atoms. The molecule has 0 aromatic heterocycles. The molecule has 0 saturated carbocycles. The molecule has 0 aliphatic rings. The Hall–Kier alpha value is -2.29. The smallest absolute Gasteiger partial charge is 0.328 e. The minimum absolute atomic E-state index is 0.0804. The molecule has 0 bridgehead atoms. The molecule has 0 atom stereocenters. The van der Waals surface area contributed by atoms with Gasteiger partial charge in [-0.25, -0.2) is 17.9 Å². The first-order valence-electron chi connectivity index (χ1n) is 5.78. The van der Waals surface area contributed by atoms with Gasteiger partial charge in [-0.2, -0.15) is 0 Å². The minimum atomic E-state index is -4.10. The van der Waals surface area contributed by atoms with Crippen molar-refractivity contribution in [3.63, 3.8) is 0 Å². The summed E-state index contributed by atoms with van der Waals surface area (Å²) in [5, 5.41) is 2.36. The van der Waals surface area contributed by atoms with Gasteiger partial charge in [0.2, 0.25) is 5.91 Å². The zero-order chi connectivity index (χ0) is 15.3. The summed E-state index contributed by atoms with van der Waals surface area (Å²) in [6.07, 6.45) is 0.670. The molecule has 0 fully saturated rings. The maximum absolute atomic E-state index is 11.9. The van der Waals surface area contributed by atoms with Crippen molar-refractivity contribution in [2.24, 2.45) is 5.73 Å². The Kier molecular flexibility index (Phi) is 4.92. The summed E-state index contributed by atoms with van der Waals surface area (Å²) in [6, 6.07) is 2.63. The first-order chi connectivity index (χ1) is 9.27. The maximum Gasteiger partial charge on any atom is 0.328 e. The van der Waals surface area contributed by atoms with E-state index >= 15 is 0 Å². The van der Waals surface area contributed by atoms with Gasteiger partial charge >= 0.3 is 6.03 Å². The van der Waals surface area contributed by atoms with E-state index in [-0.39, 0.29) is 16.1 Å². The highest BCUT2D eigenvalue weighted by molar-refractivity contribution is 7.90. The number of amides is 3. The van der Waals surface area contributed by atoms with Crippen LogP contribution in [0.15, 0.2) is 23.1 Å². The fourth-order valence-electron chi connectivity index (χ4n) is 1.40. The number of sulfonamides is 1. The molecule has 0 aliphatic heterocycles. The fourth-order valence-corrected chi connectivity index (χ4v) is 2.44. The van der Waals surface area contributed by atoms with Crippen molar-refractivity contribution in [2.75, 3.05) is 12.3 Å². The van der Waals surface area contributed by atoms with Gasteiger partial charge in [-0.3, -0.25) is 4.79 Å². The summed E-state index contributed by atoms with van der Waals surface area (Å²) < 4.78 is 25.7. The van der Waals surface area contributed by atoms with Gasteiger partial charge < -0.3 is 16.8 Å². The van der Waals surface area contributed by atoms with Gasteiger partial charge in [0.15, 0.2) is 0 Å². The third kappa shape index (κ3) is 3.85. The number of nitrogens with one attached hydrogen (secondary N) is 2. The fraction of sp³-hybridized carbons (Fsp3) is 0.273. The maximum atomic E-state index is 11.9. The minimum Gasteiger partial charge on any atom is -0.398 e. The van der Waals surface area contributed by atoms with Crippen LogP contribution >= 0.6 is 0 Å². The second kappa shape index (κ2) is 6.24. The number of rotatable bonds is 5. The van der Waals surface area contributed by atoms with Crippen LogP contribution in [0.3, 0.4) is 0 Å². The van der Waals surface area contributed by atoms with E-state index in [0.29, 0.717) is 13.0 Å². The zero-order valence-corrected chi connectivity index (χ0v) is 11.7. The summed E-state index contributed by atoms with van der Waals surface area (Å²) in [7, 11) is -4.10. The Labute approximate surface area is 116 Å². The molecule has 9 heteroatoms. The zero-order valence-electron chi connectivity index (χ0n) is 10.8. The number of carbonyl (C=O) groups excluding carboxylic acids is 2. The van der Waals surface area contributed by atoms with Crippen LogP contribution in [0, 0.1) is 0 Å². The van der Waals surface area contributed by atoms with E-state index in [1.54, 1.807) is 0 Å². The quantitative estimate of drug-likeness (QED) is 0.555. The molecule has 8 nitrogen and oxygen atoms in total. The molecule has 0 unspecified atom stereocenters. The highest BCUT2D eigenvalue weighted by Gasteiger charge is 2.20. The Morgan fingerprint density at radius 2 is 1.95 bits per heavy atom. The number of carbonyl (C=O) groups is 2. The molecule has 0 saturated heterocycles. The van der Waals surface area contributed by atoms with Crippen LogP contribution in [0.2, 0.25) is 0 Å². The highest BCUT2D eigenvalue weighted by atomic mass is 32.2. The van der Waals surface area contributed by atoms with E-state index in [1.165, 1.54) is 6.07 Å². The predicted molar refractivity (Wildman–Crippen MR) is 73.4 cm³/mol. The molecule has 0 aliphatic carbocycles. The molecule has 6 N–H and O–H groups in total. The predicted octanol–water partition coefficient (Wildman–Crippen LogP) is -0.234. The number of benzene rings is 1. The van der Waals surface area contributed by atoms with Crippen LogP contribution in [-0.2, 0) is 10.0 Å². The molecular formula is C11H16N4O4S. The van der Waals surface area contributed by atoms with E-state index in [0.717, 1.165) is 12.1 Å². The average molecular weight is 300 g/mol. The Balaban J connectivity index is 2.98. The van der Waals surface area contributed by atoms with Crippen molar-refractivity contribution in [3.05, 3.63) is 23.8 Å². The summed E-state index contributed by atoms with van der Waals surface area (Å²) in [4.78, 5) is 22.0. The summed E-state index contributed by atoms with van der Waals surface area (Å²) in [6.45, 7) is 2.17. The SMILES string of the molecule is CCCNC(=O)NS(=O)(=O)c1ccc(C(N)=O)cc1N. The first kappa shape index (κ1) is 15.8. The van der Waals surface area contributed by atoms with Crippen molar-refractivity contribution in [1.29, 1.82) is 0 Å². The van der Waals surface area contributed by atoms with Gasteiger partial charge in [0.1, 0.15) is 4.90 Å². The second-order valence-corrected chi connectivity index (χ2v) is 5.63. The monoisotopic (exact) mass is 300 g/mol. The average Bonchev–Trinajstić information content (AvgIpc) is 2.35. The van der Waals surface area contributed by atoms with Crippen molar-refractivity contribution < 1.29 is 18.0 Å². The summed E-state index contributed by atoms with van der Waals surface area (Å²) in [5.41, 5.74) is 10.5. The van der Waals surface area contributed by atoms with Crippen molar-refractivity contribution in [1.82, 2.24) is 10.0 Å². The molecule has 1 aromatic carbocycles. The highest BCUT2D eigenvalue weighted by Crippen LogP contribution is 2.19. The topological polar surface area (TPSA) is 144 Å². The number of nitrogens with two attached hydrogens (primary N) is 2. The lowest BCUT2D eigenvalue weighted by molar-refractivity contribution is 0.1000. The van der Waals surface area contributed by atoms with E-state index in [2.05, 4.69) is 5.32 Å². The van der Waals surface area contributed by atoms with Crippen LogP contribution < -0.4 is 21.5 Å². The van der Waals surface area contributed by atoms with Crippen LogP contribution in [-0.4, -0.2) is 26.9 Å². The first-order valence-corrected chi connectivity index (χ1v) is 7.26. The Morgan fingerprint density at radius 1 is 1.30 bits per heavy atom. The number of urea groups is 1. The molecule has 1 rings (SSSR count). The lowest BCUT2D eigenvalue weighted by Crippen LogP contribution is -2.39. The Morgan fingerprint density at radius 3 is 2.45 bits per heavy atom. The molecule has 3 amide bonds. The van der Waals surface area contributed by atoms with Crippen molar-refractivity contribution in [2.45, 2.75) is 18.2 Å². The number of anilines is 1. The number of hydrogen-bond acceptors (Lipinski definition) is 5. The molecule has 110 valence electrons. The van der Waals surface area contributed by atoms with Gasteiger partial charge in [-0.1, -0.05) is 6.92 Å². The van der Waals surface area contributed by atoms with Gasteiger partial charge in [0.05, 0.1) is 5.69 Å². The van der Waals surface area contributed by atoms with Crippen LogP contribution in [0.5, 0.6) is 0 Å². The van der Waals surface area contributed by atoms with E-state index in [4.69, 9.17) is 11.5 Å². The van der Waals surface area contributed by atoms with Crippen LogP contribution in [0.1, 0.15) is 23.7 Å². The van der Waals surface area contributed by atoms with Crippen LogP contribution in [0.25, 0.3) is 0 Å². The third-order valence-electron chi connectivity index (χ3n) is 2.35. The molecule has 0 heterocycles. The second-order valence-electron chi connectivity index (χ2n) is 3.98. The standard InChI is InChI=1S/C11H16N4O4S/c1-2-5-14-11(17)15-20(18,19)9-4-3-7(10(13)16)6-8(9)12/h3-4,6H,2,5,12H2,1H3,(H2,13,16)(H2,14,15,17). The molecule has 20 heavy (non-hydrogen) atoms. The van der Waals surface area contributed by atoms with Gasteiger partial charge in [0.25, 0.3) is 10.0 Å². The number of nitrogen functional groups attached to an aromatic ring is 1. The van der Waals surface area contributed by atoms with E-state index < -0.39 is 22.0 Å². The molecule has 0 radical (unpaired) electrons. The van der Waals surface area contributed by atoms with Crippen LogP contribution in [0.4, 0.5) is 10.5 Å². The van der Waals surface area contributed by atoms with Gasteiger partial charge in [-0.15, -0.1) is 0 Å². The third-order valence-corrected chi connectivity index (χ3v) is 3.75.